The highest BCUT2D eigenvalue weighted by Gasteiger charge is 2.22. The van der Waals surface area contributed by atoms with Gasteiger partial charge in [-0.3, -0.25) is 4.79 Å². The number of carbonyl (C=O) groups is 1. The smallest absolute Gasteiger partial charge is 0.249 e. The van der Waals surface area contributed by atoms with E-state index in [0.717, 1.165) is 32.1 Å². The Morgan fingerprint density at radius 3 is 1.02 bits per heavy atom. The van der Waals surface area contributed by atoms with Crippen molar-refractivity contribution in [3.63, 3.8) is 0 Å². The molecule has 0 bridgehead atoms. The van der Waals surface area contributed by atoms with E-state index < -0.39 is 24.2 Å². The second kappa shape index (κ2) is 47.5. The van der Waals surface area contributed by atoms with Crippen LogP contribution in [0.1, 0.15) is 277 Å². The van der Waals surface area contributed by atoms with Crippen molar-refractivity contribution in [1.82, 2.24) is 5.32 Å². The van der Waals surface area contributed by atoms with Crippen molar-refractivity contribution in [3.8, 4) is 0 Å². The third-order valence-corrected chi connectivity index (χ3v) is 12.0. The van der Waals surface area contributed by atoms with Crippen molar-refractivity contribution < 1.29 is 20.1 Å². The Morgan fingerprint density at radius 2 is 0.702 bits per heavy atom. The van der Waals surface area contributed by atoms with Gasteiger partial charge in [-0.2, -0.15) is 0 Å². The van der Waals surface area contributed by atoms with Gasteiger partial charge in [0, 0.05) is 0 Å². The van der Waals surface area contributed by atoms with Gasteiger partial charge in [-0.25, -0.2) is 0 Å². The molecule has 1 amide bonds. The van der Waals surface area contributed by atoms with Crippen LogP contribution in [0.5, 0.6) is 0 Å². The zero-order valence-corrected chi connectivity index (χ0v) is 38.5. The highest BCUT2D eigenvalue weighted by atomic mass is 16.3. The molecule has 0 aliphatic heterocycles. The summed E-state index contributed by atoms with van der Waals surface area (Å²) in [6.07, 6.45) is 59.5. The maximum absolute atomic E-state index is 12.5. The number of aliphatic hydroxyl groups is 3. The number of hydrogen-bond acceptors (Lipinski definition) is 4. The summed E-state index contributed by atoms with van der Waals surface area (Å²) in [6.45, 7) is 4.21. The van der Waals surface area contributed by atoms with E-state index in [4.69, 9.17) is 0 Å². The van der Waals surface area contributed by atoms with Gasteiger partial charge in [0.15, 0.2) is 0 Å². The summed E-state index contributed by atoms with van der Waals surface area (Å²) < 4.78 is 0. The number of nitrogens with one attached hydrogen (secondary N) is 1. The van der Waals surface area contributed by atoms with Gasteiger partial charge in [-0.1, -0.05) is 256 Å². The van der Waals surface area contributed by atoms with Crippen molar-refractivity contribution in [2.75, 3.05) is 6.61 Å². The van der Waals surface area contributed by atoms with Crippen LogP contribution >= 0.6 is 0 Å². The van der Waals surface area contributed by atoms with Crippen LogP contribution < -0.4 is 5.32 Å². The third-order valence-electron chi connectivity index (χ3n) is 12.0. The molecule has 0 aliphatic rings. The van der Waals surface area contributed by atoms with Crippen LogP contribution in [-0.4, -0.2) is 46.1 Å². The van der Waals surface area contributed by atoms with Crippen molar-refractivity contribution >= 4 is 5.91 Å². The van der Waals surface area contributed by atoms with Gasteiger partial charge in [0.25, 0.3) is 0 Å². The number of allylic oxidation sites excluding steroid dienone is 3. The molecule has 338 valence electrons. The molecular weight excluding hydrogens is 703 g/mol. The zero-order valence-electron chi connectivity index (χ0n) is 38.5. The van der Waals surface area contributed by atoms with Crippen LogP contribution in [0.25, 0.3) is 0 Å². The van der Waals surface area contributed by atoms with Crippen LogP contribution in [0.4, 0.5) is 0 Å². The van der Waals surface area contributed by atoms with Crippen molar-refractivity contribution in [1.29, 1.82) is 0 Å². The summed E-state index contributed by atoms with van der Waals surface area (Å²) in [5, 5.41) is 33.3. The number of unbranched alkanes of at least 4 members (excludes halogenated alkanes) is 37. The predicted octanol–water partition coefficient (Wildman–Crippen LogP) is 15.3. The molecule has 4 N–H and O–H groups in total. The van der Waals surface area contributed by atoms with E-state index in [2.05, 4.69) is 31.3 Å². The summed E-state index contributed by atoms with van der Waals surface area (Å²) in [5.74, 6) is -0.501. The highest BCUT2D eigenvalue weighted by molar-refractivity contribution is 5.80. The normalized spacial score (nSPS) is 13.6. The number of carbonyl (C=O) groups excluding carboxylic acids is 1. The van der Waals surface area contributed by atoms with E-state index in [9.17, 15) is 20.1 Å². The fraction of sp³-hybridized carbons (Fsp3) is 0.904. The van der Waals surface area contributed by atoms with Crippen LogP contribution in [-0.2, 0) is 4.79 Å². The zero-order chi connectivity index (χ0) is 41.5. The number of rotatable bonds is 47. The fourth-order valence-electron chi connectivity index (χ4n) is 8.01. The summed E-state index contributed by atoms with van der Waals surface area (Å²) in [4.78, 5) is 12.5. The minimum Gasteiger partial charge on any atom is -0.394 e. The first-order valence-electron chi connectivity index (χ1n) is 25.7. The molecule has 0 spiro atoms. The number of amides is 1. The van der Waals surface area contributed by atoms with Crippen molar-refractivity contribution in [2.45, 2.75) is 295 Å². The molecule has 0 aromatic heterocycles. The molecule has 0 heterocycles. The Kier molecular flexibility index (Phi) is 46.5. The first-order chi connectivity index (χ1) is 28.1. The van der Waals surface area contributed by atoms with E-state index in [0.29, 0.717) is 6.42 Å². The van der Waals surface area contributed by atoms with Gasteiger partial charge in [0.05, 0.1) is 18.8 Å². The molecule has 0 aromatic carbocycles. The Balaban J connectivity index is 3.58. The van der Waals surface area contributed by atoms with E-state index in [1.54, 1.807) is 6.08 Å². The van der Waals surface area contributed by atoms with Gasteiger partial charge in [-0.05, 0) is 44.9 Å². The second-order valence-electron chi connectivity index (χ2n) is 17.7. The lowest BCUT2D eigenvalue weighted by atomic mass is 10.0. The van der Waals surface area contributed by atoms with Crippen molar-refractivity contribution in [2.24, 2.45) is 0 Å². The molecule has 57 heavy (non-hydrogen) atoms. The van der Waals surface area contributed by atoms with E-state index in [1.807, 2.05) is 6.08 Å². The predicted molar refractivity (Wildman–Crippen MR) is 250 cm³/mol. The Labute approximate surface area is 356 Å². The van der Waals surface area contributed by atoms with E-state index >= 15 is 0 Å². The minimum atomic E-state index is -1.10. The molecule has 0 radical (unpaired) electrons. The Bertz CT molecular complexity index is 844. The molecule has 0 aromatic rings. The summed E-state index contributed by atoms with van der Waals surface area (Å²) in [5.41, 5.74) is 0. The van der Waals surface area contributed by atoms with Gasteiger partial charge >= 0.3 is 0 Å². The topological polar surface area (TPSA) is 89.8 Å². The van der Waals surface area contributed by atoms with Crippen LogP contribution in [0.3, 0.4) is 0 Å². The van der Waals surface area contributed by atoms with Crippen LogP contribution in [0, 0.1) is 0 Å². The second-order valence-corrected chi connectivity index (χ2v) is 17.7. The maximum Gasteiger partial charge on any atom is 0.249 e. The highest BCUT2D eigenvalue weighted by Crippen LogP contribution is 2.16. The molecule has 0 saturated carbocycles. The molecule has 0 fully saturated rings. The average Bonchev–Trinajstić information content (AvgIpc) is 3.22. The molecule has 5 heteroatoms. The molecule has 0 rings (SSSR count). The van der Waals surface area contributed by atoms with Gasteiger partial charge in [0.2, 0.25) is 5.91 Å². The SMILES string of the molecule is CCCCCCCCCCCCCC/C=C\CCCCCCCCCCCCC(O)C(=O)NC(CO)C(O)/C=C/CCCCCCCCCCCCCCCCC. The fourth-order valence-corrected chi connectivity index (χ4v) is 8.01. The average molecular weight is 804 g/mol. The summed E-state index contributed by atoms with van der Waals surface area (Å²) in [6, 6.07) is -0.796. The Hall–Kier alpha value is -1.17. The van der Waals surface area contributed by atoms with Gasteiger partial charge in [-0.15, -0.1) is 0 Å². The molecule has 0 aliphatic carbocycles. The van der Waals surface area contributed by atoms with Gasteiger partial charge in [0.1, 0.15) is 6.10 Å². The summed E-state index contributed by atoms with van der Waals surface area (Å²) >= 11 is 0. The lowest BCUT2D eigenvalue weighted by Gasteiger charge is -2.21. The van der Waals surface area contributed by atoms with E-state index in [1.165, 1.54) is 225 Å². The van der Waals surface area contributed by atoms with Gasteiger partial charge < -0.3 is 20.6 Å². The first kappa shape index (κ1) is 55.8. The van der Waals surface area contributed by atoms with Crippen LogP contribution in [0.2, 0.25) is 0 Å². The molecular formula is C52H101NO4. The minimum absolute atomic E-state index is 0.362. The number of aliphatic hydroxyl groups excluding tert-OH is 3. The third kappa shape index (κ3) is 42.8. The lowest BCUT2D eigenvalue weighted by Crippen LogP contribution is -2.48. The molecule has 5 nitrogen and oxygen atoms in total. The largest absolute Gasteiger partial charge is 0.394 e. The van der Waals surface area contributed by atoms with Crippen LogP contribution in [0.15, 0.2) is 24.3 Å². The van der Waals surface area contributed by atoms with E-state index in [-0.39, 0.29) is 6.61 Å². The Morgan fingerprint density at radius 1 is 0.421 bits per heavy atom. The lowest BCUT2D eigenvalue weighted by molar-refractivity contribution is -0.131. The first-order valence-corrected chi connectivity index (χ1v) is 25.7. The molecule has 0 saturated heterocycles. The monoisotopic (exact) mass is 804 g/mol. The number of hydrogen-bond donors (Lipinski definition) is 4. The quantitative estimate of drug-likeness (QED) is 0.0364. The van der Waals surface area contributed by atoms with Crippen molar-refractivity contribution in [3.05, 3.63) is 24.3 Å². The standard InChI is InChI=1S/C52H101NO4/c1-3-5-7-9-11-13-15-17-19-21-22-23-24-25-26-27-28-29-31-33-35-37-39-41-43-45-47-51(56)52(57)53-49(48-54)50(55)46-44-42-40-38-36-34-32-30-20-18-16-14-12-10-8-6-4-2/h25-26,44,46,49-51,54-56H,3-24,27-43,45,47-48H2,1-2H3,(H,53,57)/b26-25-,46-44+. The molecule has 3 unspecified atom stereocenters. The molecule has 3 atom stereocenters. The summed E-state index contributed by atoms with van der Waals surface area (Å²) in [7, 11) is 0. The maximum atomic E-state index is 12.5.